The number of nitrogens with zero attached hydrogens (tertiary/aromatic N) is 1. The Hall–Kier alpha value is -3.34. The first-order chi connectivity index (χ1) is 12.9. The van der Waals surface area contributed by atoms with Gasteiger partial charge in [0, 0.05) is 22.8 Å². The Balaban J connectivity index is 1.93. The maximum atomic E-state index is 12.9. The van der Waals surface area contributed by atoms with Gasteiger partial charge in [-0.2, -0.15) is 0 Å². The summed E-state index contributed by atoms with van der Waals surface area (Å²) in [6.45, 7) is 5.95. The highest BCUT2D eigenvalue weighted by Gasteiger charge is 2.18. The number of hydrogen-bond donors (Lipinski definition) is 2. The predicted molar refractivity (Wildman–Crippen MR) is 107 cm³/mol. The number of carbonyl (C=O) groups excluding carboxylic acids is 2. The van der Waals surface area contributed by atoms with Gasteiger partial charge >= 0.3 is 0 Å². The lowest BCUT2D eigenvalue weighted by molar-refractivity contribution is -0.117. The van der Waals surface area contributed by atoms with E-state index in [1.54, 1.807) is 12.1 Å². The van der Waals surface area contributed by atoms with Gasteiger partial charge in [-0.3, -0.25) is 9.59 Å². The van der Waals surface area contributed by atoms with Crippen molar-refractivity contribution in [1.82, 2.24) is 4.57 Å². The number of primary amides is 1. The Morgan fingerprint density at radius 2 is 1.74 bits per heavy atom. The molecule has 2 amide bonds. The van der Waals surface area contributed by atoms with Gasteiger partial charge in [-0.15, -0.1) is 0 Å². The van der Waals surface area contributed by atoms with E-state index in [0.717, 1.165) is 22.6 Å². The molecule has 5 heteroatoms. The van der Waals surface area contributed by atoms with Crippen molar-refractivity contribution in [2.75, 3.05) is 5.32 Å². The number of aryl methyl sites for hydroxylation is 2. The summed E-state index contributed by atoms with van der Waals surface area (Å²) >= 11 is 0. The lowest BCUT2D eigenvalue weighted by Gasteiger charge is -2.12. The lowest BCUT2D eigenvalue weighted by Crippen LogP contribution is -2.18. The van der Waals surface area contributed by atoms with Gasteiger partial charge in [0.05, 0.1) is 12.0 Å². The van der Waals surface area contributed by atoms with Gasteiger partial charge in [0.15, 0.2) is 0 Å². The van der Waals surface area contributed by atoms with Crippen LogP contribution in [0.15, 0.2) is 54.6 Å². The monoisotopic (exact) mass is 361 g/mol. The van der Waals surface area contributed by atoms with Crippen molar-refractivity contribution in [2.24, 2.45) is 5.73 Å². The van der Waals surface area contributed by atoms with Crippen LogP contribution in [-0.4, -0.2) is 16.4 Å². The number of rotatable bonds is 5. The Kier molecular flexibility index (Phi) is 5.12. The second-order valence-corrected chi connectivity index (χ2v) is 6.71. The number of aromatic nitrogens is 1. The molecule has 0 radical (unpaired) electrons. The fourth-order valence-corrected chi connectivity index (χ4v) is 3.33. The highest BCUT2D eigenvalue weighted by Crippen LogP contribution is 2.23. The standard InChI is InChI=1S/C22H23N3O2/c1-14-7-6-9-18(11-14)25-15(2)12-19(16(25)3)22(27)24-20-10-5-4-8-17(20)13-21(23)26/h4-12H,13H2,1-3H3,(H2,23,26)(H,24,27). The number of nitrogens with two attached hydrogens (primary N) is 1. The molecule has 27 heavy (non-hydrogen) atoms. The van der Waals surface area contributed by atoms with Crippen LogP contribution in [0.4, 0.5) is 5.69 Å². The molecular weight excluding hydrogens is 338 g/mol. The maximum Gasteiger partial charge on any atom is 0.257 e. The fourth-order valence-electron chi connectivity index (χ4n) is 3.33. The number of carbonyl (C=O) groups is 2. The molecule has 0 saturated heterocycles. The van der Waals surface area contributed by atoms with Gasteiger partial charge in [-0.05, 0) is 56.2 Å². The quantitative estimate of drug-likeness (QED) is 0.727. The van der Waals surface area contributed by atoms with E-state index < -0.39 is 5.91 Å². The molecule has 0 fully saturated rings. The summed E-state index contributed by atoms with van der Waals surface area (Å²) in [5.41, 5.74) is 11.2. The van der Waals surface area contributed by atoms with Crippen molar-refractivity contribution in [3.63, 3.8) is 0 Å². The molecule has 0 spiro atoms. The number of nitrogens with one attached hydrogen (secondary N) is 1. The van der Waals surface area contributed by atoms with Crippen molar-refractivity contribution in [3.8, 4) is 5.69 Å². The summed E-state index contributed by atoms with van der Waals surface area (Å²) in [5.74, 6) is -0.645. The minimum atomic E-state index is -0.436. The first kappa shape index (κ1) is 18.5. The zero-order valence-corrected chi connectivity index (χ0v) is 15.7. The molecule has 138 valence electrons. The third-order valence-electron chi connectivity index (χ3n) is 4.57. The van der Waals surface area contributed by atoms with Crippen LogP contribution in [0.3, 0.4) is 0 Å². The highest BCUT2D eigenvalue weighted by atomic mass is 16.2. The molecule has 0 bridgehead atoms. The number of anilines is 1. The average molecular weight is 361 g/mol. The molecule has 3 rings (SSSR count). The average Bonchev–Trinajstić information content (AvgIpc) is 2.91. The second-order valence-electron chi connectivity index (χ2n) is 6.71. The zero-order valence-electron chi connectivity index (χ0n) is 15.7. The van der Waals surface area contributed by atoms with E-state index in [-0.39, 0.29) is 12.3 Å². The summed E-state index contributed by atoms with van der Waals surface area (Å²) in [7, 11) is 0. The van der Waals surface area contributed by atoms with Crippen molar-refractivity contribution >= 4 is 17.5 Å². The van der Waals surface area contributed by atoms with Crippen molar-refractivity contribution in [2.45, 2.75) is 27.2 Å². The van der Waals surface area contributed by atoms with Crippen LogP contribution < -0.4 is 11.1 Å². The van der Waals surface area contributed by atoms with Crippen molar-refractivity contribution < 1.29 is 9.59 Å². The fraction of sp³-hybridized carbons (Fsp3) is 0.182. The Bertz CT molecular complexity index is 1020. The molecule has 1 heterocycles. The minimum Gasteiger partial charge on any atom is -0.369 e. The molecule has 0 saturated carbocycles. The normalized spacial score (nSPS) is 10.6. The molecule has 1 aromatic heterocycles. The molecule has 5 nitrogen and oxygen atoms in total. The van der Waals surface area contributed by atoms with Crippen molar-refractivity contribution in [1.29, 1.82) is 0 Å². The van der Waals surface area contributed by atoms with E-state index in [2.05, 4.69) is 16.0 Å². The first-order valence-electron chi connectivity index (χ1n) is 8.80. The van der Waals surface area contributed by atoms with Gasteiger partial charge in [0.25, 0.3) is 5.91 Å². The number of amides is 2. The summed E-state index contributed by atoms with van der Waals surface area (Å²) in [6.07, 6.45) is 0.0821. The largest absolute Gasteiger partial charge is 0.369 e. The van der Waals surface area contributed by atoms with Crippen LogP contribution in [-0.2, 0) is 11.2 Å². The summed E-state index contributed by atoms with van der Waals surface area (Å²) in [6, 6.07) is 17.2. The molecule has 0 atom stereocenters. The van der Waals surface area contributed by atoms with Gasteiger partial charge in [0.1, 0.15) is 0 Å². The van der Waals surface area contributed by atoms with Gasteiger partial charge in [0.2, 0.25) is 5.91 Å². The molecule has 3 N–H and O–H groups in total. The smallest absolute Gasteiger partial charge is 0.257 e. The predicted octanol–water partition coefficient (Wildman–Crippen LogP) is 3.68. The second kappa shape index (κ2) is 7.50. The SMILES string of the molecule is Cc1cccc(-n2c(C)cc(C(=O)Nc3ccccc3CC(N)=O)c2C)c1. The van der Waals surface area contributed by atoms with E-state index in [4.69, 9.17) is 5.73 Å². The summed E-state index contributed by atoms with van der Waals surface area (Å²) in [4.78, 5) is 24.2. The molecule has 3 aromatic rings. The molecule has 0 unspecified atom stereocenters. The Labute approximate surface area is 158 Å². The van der Waals surface area contributed by atoms with E-state index >= 15 is 0 Å². The Morgan fingerprint density at radius 3 is 2.44 bits per heavy atom. The Morgan fingerprint density at radius 1 is 1.00 bits per heavy atom. The molecular formula is C22H23N3O2. The maximum absolute atomic E-state index is 12.9. The van der Waals surface area contributed by atoms with E-state index in [0.29, 0.717) is 16.8 Å². The number of para-hydroxylation sites is 1. The van der Waals surface area contributed by atoms with Gasteiger partial charge < -0.3 is 15.6 Å². The van der Waals surface area contributed by atoms with Crippen LogP contribution in [0.2, 0.25) is 0 Å². The van der Waals surface area contributed by atoms with Crippen molar-refractivity contribution in [3.05, 3.63) is 82.7 Å². The van der Waals surface area contributed by atoms with Gasteiger partial charge in [-0.1, -0.05) is 30.3 Å². The number of benzene rings is 2. The van der Waals surface area contributed by atoms with Crippen LogP contribution in [0.1, 0.15) is 32.9 Å². The molecule has 0 aliphatic heterocycles. The molecule has 0 aliphatic carbocycles. The van der Waals surface area contributed by atoms with E-state index in [9.17, 15) is 9.59 Å². The van der Waals surface area contributed by atoms with Crippen LogP contribution >= 0.6 is 0 Å². The first-order valence-corrected chi connectivity index (χ1v) is 8.80. The van der Waals surface area contributed by atoms with Crippen LogP contribution in [0, 0.1) is 20.8 Å². The third-order valence-corrected chi connectivity index (χ3v) is 4.57. The van der Waals surface area contributed by atoms with Gasteiger partial charge in [-0.25, -0.2) is 0 Å². The molecule has 2 aromatic carbocycles. The van der Waals surface area contributed by atoms with E-state index in [1.807, 2.05) is 57.2 Å². The number of hydrogen-bond acceptors (Lipinski definition) is 2. The van der Waals surface area contributed by atoms with Crippen LogP contribution in [0.25, 0.3) is 5.69 Å². The van der Waals surface area contributed by atoms with Crippen LogP contribution in [0.5, 0.6) is 0 Å². The minimum absolute atomic E-state index is 0.0821. The highest BCUT2D eigenvalue weighted by molar-refractivity contribution is 6.06. The lowest BCUT2D eigenvalue weighted by atomic mass is 10.1. The molecule has 0 aliphatic rings. The summed E-state index contributed by atoms with van der Waals surface area (Å²) in [5, 5.41) is 2.92. The summed E-state index contributed by atoms with van der Waals surface area (Å²) < 4.78 is 2.07. The van der Waals surface area contributed by atoms with E-state index in [1.165, 1.54) is 0 Å². The zero-order chi connectivity index (χ0) is 19.6. The third kappa shape index (κ3) is 3.92. The topological polar surface area (TPSA) is 77.1 Å².